The fourth-order valence-corrected chi connectivity index (χ4v) is 4.44. The third-order valence-electron chi connectivity index (χ3n) is 6.04. The summed E-state index contributed by atoms with van der Waals surface area (Å²) in [5.74, 6) is 1.97. The average molecular weight is 352 g/mol. The Kier molecular flexibility index (Phi) is 4.57. The van der Waals surface area contributed by atoms with Crippen LogP contribution in [-0.4, -0.2) is 40.5 Å². The van der Waals surface area contributed by atoms with Crippen LogP contribution in [0.25, 0.3) is 11.3 Å². The lowest BCUT2D eigenvalue weighted by Gasteiger charge is -2.37. The number of benzene rings is 1. The fourth-order valence-electron chi connectivity index (χ4n) is 4.44. The van der Waals surface area contributed by atoms with Crippen LogP contribution in [0.15, 0.2) is 24.3 Å². The highest BCUT2D eigenvalue weighted by Crippen LogP contribution is 2.35. The SMILES string of the molecule is CCC1CN[C@@H]2CCN(c3cc(C)c(-c4ccc(C)cc4O)nn3)[C@H]2C1. The highest BCUT2D eigenvalue weighted by Gasteiger charge is 2.39. The Bertz CT molecular complexity index is 807. The number of hydrogen-bond acceptors (Lipinski definition) is 5. The molecule has 0 spiro atoms. The molecule has 1 aromatic heterocycles. The molecule has 2 fully saturated rings. The van der Waals surface area contributed by atoms with E-state index in [1.165, 1.54) is 19.3 Å². The van der Waals surface area contributed by atoms with Crippen LogP contribution in [0.2, 0.25) is 0 Å². The smallest absolute Gasteiger partial charge is 0.151 e. The number of phenolic OH excluding ortho intramolecular Hbond substituents is 1. The molecule has 138 valence electrons. The van der Waals surface area contributed by atoms with Gasteiger partial charge in [0.1, 0.15) is 5.75 Å². The normalized spacial score (nSPS) is 25.3. The van der Waals surface area contributed by atoms with E-state index in [1.54, 1.807) is 6.07 Å². The summed E-state index contributed by atoms with van der Waals surface area (Å²) in [6, 6.07) is 8.90. The molecular weight excluding hydrogens is 324 g/mol. The van der Waals surface area contributed by atoms with Crippen LogP contribution in [0, 0.1) is 19.8 Å². The number of hydrogen-bond donors (Lipinski definition) is 2. The summed E-state index contributed by atoms with van der Waals surface area (Å²) < 4.78 is 0. The van der Waals surface area contributed by atoms with Gasteiger partial charge in [-0.2, -0.15) is 0 Å². The van der Waals surface area contributed by atoms with Gasteiger partial charge < -0.3 is 15.3 Å². The molecule has 4 rings (SSSR count). The van der Waals surface area contributed by atoms with Gasteiger partial charge in [0.2, 0.25) is 0 Å². The Labute approximate surface area is 155 Å². The molecule has 2 aliphatic heterocycles. The van der Waals surface area contributed by atoms with Crippen molar-refractivity contribution in [1.82, 2.24) is 15.5 Å². The van der Waals surface area contributed by atoms with Crippen LogP contribution in [0.5, 0.6) is 5.75 Å². The van der Waals surface area contributed by atoms with Crippen molar-refractivity contribution in [2.75, 3.05) is 18.0 Å². The van der Waals surface area contributed by atoms with Crippen molar-refractivity contribution >= 4 is 5.82 Å². The molecule has 3 heterocycles. The van der Waals surface area contributed by atoms with Gasteiger partial charge in [-0.1, -0.05) is 19.4 Å². The predicted molar refractivity (Wildman–Crippen MR) is 105 cm³/mol. The lowest BCUT2D eigenvalue weighted by molar-refractivity contribution is 0.288. The Hall–Kier alpha value is -2.14. The molecule has 1 aromatic carbocycles. The number of aromatic nitrogens is 2. The van der Waals surface area contributed by atoms with Crippen molar-refractivity contribution in [2.45, 2.75) is 52.1 Å². The van der Waals surface area contributed by atoms with Gasteiger partial charge in [-0.15, -0.1) is 10.2 Å². The van der Waals surface area contributed by atoms with Gasteiger partial charge in [-0.3, -0.25) is 0 Å². The molecule has 2 aliphatic rings. The Morgan fingerprint density at radius 2 is 2.08 bits per heavy atom. The number of anilines is 1. The Balaban J connectivity index is 1.62. The molecular formula is C21H28N4O. The third kappa shape index (κ3) is 3.05. The van der Waals surface area contributed by atoms with Crippen LogP contribution in [0.4, 0.5) is 5.82 Å². The van der Waals surface area contributed by atoms with E-state index in [1.807, 2.05) is 26.0 Å². The van der Waals surface area contributed by atoms with Crippen molar-refractivity contribution in [3.63, 3.8) is 0 Å². The first-order valence-corrected chi connectivity index (χ1v) is 9.71. The van der Waals surface area contributed by atoms with Crippen molar-refractivity contribution in [3.05, 3.63) is 35.4 Å². The highest BCUT2D eigenvalue weighted by atomic mass is 16.3. The van der Waals surface area contributed by atoms with E-state index in [0.717, 1.165) is 47.2 Å². The van der Waals surface area contributed by atoms with Gasteiger partial charge >= 0.3 is 0 Å². The molecule has 2 aromatic rings. The number of rotatable bonds is 3. The highest BCUT2D eigenvalue weighted by molar-refractivity contribution is 5.70. The standard InChI is InChI=1S/C21H28N4O/c1-4-15-11-18-17(22-12-15)7-8-25(18)20-10-14(3)21(24-23-20)16-6-5-13(2)9-19(16)26/h5-6,9-10,15,17-18,22,26H,4,7-8,11-12H2,1-3H3/t15?,17-,18+/m1/s1. The van der Waals surface area contributed by atoms with E-state index in [4.69, 9.17) is 0 Å². The second-order valence-electron chi connectivity index (χ2n) is 7.83. The zero-order valence-electron chi connectivity index (χ0n) is 15.9. The molecule has 5 heteroatoms. The second-order valence-corrected chi connectivity index (χ2v) is 7.83. The lowest BCUT2D eigenvalue weighted by Crippen LogP contribution is -2.50. The van der Waals surface area contributed by atoms with E-state index in [2.05, 4.69) is 33.4 Å². The summed E-state index contributed by atoms with van der Waals surface area (Å²) in [5, 5.41) is 23.0. The Morgan fingerprint density at radius 3 is 2.81 bits per heavy atom. The maximum atomic E-state index is 10.3. The molecule has 2 saturated heterocycles. The van der Waals surface area contributed by atoms with Crippen molar-refractivity contribution in [2.24, 2.45) is 5.92 Å². The van der Waals surface area contributed by atoms with E-state index in [0.29, 0.717) is 12.1 Å². The number of phenols is 1. The number of fused-ring (bicyclic) bond motifs is 1. The van der Waals surface area contributed by atoms with Crippen LogP contribution < -0.4 is 10.2 Å². The number of aromatic hydroxyl groups is 1. The molecule has 5 nitrogen and oxygen atoms in total. The maximum Gasteiger partial charge on any atom is 0.151 e. The number of aryl methyl sites for hydroxylation is 2. The molecule has 0 saturated carbocycles. The first-order chi connectivity index (χ1) is 12.6. The van der Waals surface area contributed by atoms with Gasteiger partial charge in [0.25, 0.3) is 0 Å². The van der Waals surface area contributed by atoms with Crippen LogP contribution in [0.1, 0.15) is 37.3 Å². The number of nitrogens with zero attached hydrogens (tertiary/aromatic N) is 3. The zero-order chi connectivity index (χ0) is 18.3. The van der Waals surface area contributed by atoms with Crippen molar-refractivity contribution in [1.29, 1.82) is 0 Å². The monoisotopic (exact) mass is 352 g/mol. The molecule has 1 unspecified atom stereocenters. The van der Waals surface area contributed by atoms with E-state index in [9.17, 15) is 5.11 Å². The third-order valence-corrected chi connectivity index (χ3v) is 6.04. The quantitative estimate of drug-likeness (QED) is 0.886. The minimum atomic E-state index is 0.263. The predicted octanol–water partition coefficient (Wildman–Crippen LogP) is 3.43. The minimum absolute atomic E-state index is 0.263. The van der Waals surface area contributed by atoms with Crippen LogP contribution in [-0.2, 0) is 0 Å². The van der Waals surface area contributed by atoms with Gasteiger partial charge in [0, 0.05) is 24.2 Å². The molecule has 0 radical (unpaired) electrons. The first-order valence-electron chi connectivity index (χ1n) is 9.71. The van der Waals surface area contributed by atoms with Gasteiger partial charge in [-0.25, -0.2) is 0 Å². The molecule has 0 bridgehead atoms. The first kappa shape index (κ1) is 17.3. The maximum absolute atomic E-state index is 10.3. The largest absolute Gasteiger partial charge is 0.507 e. The van der Waals surface area contributed by atoms with Crippen molar-refractivity contribution < 1.29 is 5.11 Å². The summed E-state index contributed by atoms with van der Waals surface area (Å²) >= 11 is 0. The van der Waals surface area contributed by atoms with Crippen molar-refractivity contribution in [3.8, 4) is 17.0 Å². The number of nitrogens with one attached hydrogen (secondary N) is 1. The summed E-state index contributed by atoms with van der Waals surface area (Å²) in [7, 11) is 0. The van der Waals surface area contributed by atoms with Gasteiger partial charge in [0.05, 0.1) is 5.69 Å². The topological polar surface area (TPSA) is 61.3 Å². The van der Waals surface area contributed by atoms with E-state index in [-0.39, 0.29) is 5.75 Å². The summed E-state index contributed by atoms with van der Waals surface area (Å²) in [4.78, 5) is 2.43. The molecule has 0 aliphatic carbocycles. The molecule has 3 atom stereocenters. The minimum Gasteiger partial charge on any atom is -0.507 e. The van der Waals surface area contributed by atoms with E-state index >= 15 is 0 Å². The summed E-state index contributed by atoms with van der Waals surface area (Å²) in [6.07, 6.45) is 3.62. The van der Waals surface area contributed by atoms with E-state index < -0.39 is 0 Å². The van der Waals surface area contributed by atoms with Crippen LogP contribution in [0.3, 0.4) is 0 Å². The molecule has 2 N–H and O–H groups in total. The molecule has 26 heavy (non-hydrogen) atoms. The zero-order valence-corrected chi connectivity index (χ0v) is 15.9. The summed E-state index contributed by atoms with van der Waals surface area (Å²) in [6.45, 7) is 8.47. The van der Waals surface area contributed by atoms with Gasteiger partial charge in [0.15, 0.2) is 5.82 Å². The number of piperidine rings is 1. The fraction of sp³-hybridized carbons (Fsp3) is 0.524. The summed E-state index contributed by atoms with van der Waals surface area (Å²) in [5.41, 5.74) is 3.59. The van der Waals surface area contributed by atoms with Crippen LogP contribution >= 0.6 is 0 Å². The van der Waals surface area contributed by atoms with Gasteiger partial charge in [-0.05, 0) is 68.5 Å². The Morgan fingerprint density at radius 1 is 1.23 bits per heavy atom. The second kappa shape index (κ2) is 6.88. The lowest BCUT2D eigenvalue weighted by atomic mass is 9.89. The molecule has 0 amide bonds. The average Bonchev–Trinajstić information content (AvgIpc) is 3.05.